The van der Waals surface area contributed by atoms with Crippen molar-refractivity contribution >= 4 is 16.8 Å². The summed E-state index contributed by atoms with van der Waals surface area (Å²) in [5.74, 6) is 0.557. The molecule has 0 saturated heterocycles. The standard InChI is InChI=1S/C30H33N3O2/c1-5-7-19-32(29(34)23-17-15-21(3)16-18-23)27(6-2)28-31-26-14-9-8-13-25(26)30(35)33(28)24-12-10-11-22(4)20-24/h8-18,20,27H,5-7,19H2,1-4H3. The molecule has 35 heavy (non-hydrogen) atoms. The minimum Gasteiger partial charge on any atom is -0.328 e. The van der Waals surface area contributed by atoms with E-state index >= 15 is 0 Å². The Morgan fingerprint density at radius 3 is 2.37 bits per heavy atom. The van der Waals surface area contributed by atoms with Crippen molar-refractivity contribution in [2.75, 3.05) is 6.54 Å². The number of para-hydroxylation sites is 1. The first-order valence-corrected chi connectivity index (χ1v) is 12.4. The third-order valence-electron chi connectivity index (χ3n) is 6.43. The van der Waals surface area contributed by atoms with Crippen molar-refractivity contribution in [3.8, 4) is 5.69 Å². The van der Waals surface area contributed by atoms with Gasteiger partial charge in [0.1, 0.15) is 5.82 Å². The maximum absolute atomic E-state index is 13.8. The van der Waals surface area contributed by atoms with Gasteiger partial charge in [-0.05, 0) is 68.7 Å². The zero-order valence-corrected chi connectivity index (χ0v) is 21.0. The summed E-state index contributed by atoms with van der Waals surface area (Å²) in [6, 6.07) is 22.6. The summed E-state index contributed by atoms with van der Waals surface area (Å²) >= 11 is 0. The highest BCUT2D eigenvalue weighted by atomic mass is 16.2. The third kappa shape index (κ3) is 5.04. The van der Waals surface area contributed by atoms with Crippen LogP contribution in [0.25, 0.3) is 16.6 Å². The number of unbranched alkanes of at least 4 members (excludes halogenated alkanes) is 1. The number of aromatic nitrogens is 2. The topological polar surface area (TPSA) is 55.2 Å². The number of amides is 1. The number of fused-ring (bicyclic) bond motifs is 1. The van der Waals surface area contributed by atoms with Gasteiger partial charge >= 0.3 is 0 Å². The molecular formula is C30H33N3O2. The predicted octanol–water partition coefficient (Wildman–Crippen LogP) is 6.40. The van der Waals surface area contributed by atoms with Crippen molar-refractivity contribution in [1.29, 1.82) is 0 Å². The van der Waals surface area contributed by atoms with Gasteiger partial charge in [-0.2, -0.15) is 0 Å². The first-order valence-electron chi connectivity index (χ1n) is 12.4. The second kappa shape index (κ2) is 10.7. The first-order chi connectivity index (χ1) is 16.9. The highest BCUT2D eigenvalue weighted by molar-refractivity contribution is 5.94. The SMILES string of the molecule is CCCCN(C(=O)c1ccc(C)cc1)C(CC)c1nc2ccccc2c(=O)n1-c1cccc(C)c1. The molecule has 1 aromatic heterocycles. The molecule has 5 heteroatoms. The minimum absolute atomic E-state index is 0.0384. The van der Waals surface area contributed by atoms with Crippen LogP contribution in [0.2, 0.25) is 0 Å². The molecule has 0 saturated carbocycles. The summed E-state index contributed by atoms with van der Waals surface area (Å²) in [5.41, 5.74) is 4.11. The number of benzene rings is 3. The van der Waals surface area contributed by atoms with Crippen LogP contribution in [0.3, 0.4) is 0 Å². The van der Waals surface area contributed by atoms with Crippen LogP contribution in [0.5, 0.6) is 0 Å². The van der Waals surface area contributed by atoms with E-state index < -0.39 is 0 Å². The molecule has 1 heterocycles. The van der Waals surface area contributed by atoms with Crippen LogP contribution in [-0.2, 0) is 0 Å². The van der Waals surface area contributed by atoms with Crippen molar-refractivity contribution < 1.29 is 4.79 Å². The molecule has 0 bridgehead atoms. The van der Waals surface area contributed by atoms with Crippen LogP contribution in [-0.4, -0.2) is 26.9 Å². The summed E-state index contributed by atoms with van der Waals surface area (Å²) < 4.78 is 1.70. The Bertz CT molecular complexity index is 1390. The first kappa shape index (κ1) is 24.4. The van der Waals surface area contributed by atoms with Gasteiger partial charge in [-0.3, -0.25) is 14.2 Å². The molecule has 4 aromatic rings. The van der Waals surface area contributed by atoms with Crippen molar-refractivity contribution in [2.45, 2.75) is 53.0 Å². The van der Waals surface area contributed by atoms with E-state index in [9.17, 15) is 9.59 Å². The van der Waals surface area contributed by atoms with Gasteiger partial charge in [-0.15, -0.1) is 0 Å². The van der Waals surface area contributed by atoms with Gasteiger partial charge in [0.2, 0.25) is 0 Å². The van der Waals surface area contributed by atoms with Crippen LogP contribution in [0.1, 0.15) is 66.5 Å². The fourth-order valence-corrected chi connectivity index (χ4v) is 4.52. The molecule has 1 unspecified atom stereocenters. The molecule has 3 aromatic carbocycles. The molecule has 1 atom stereocenters. The summed E-state index contributed by atoms with van der Waals surface area (Å²) in [4.78, 5) is 34.5. The second-order valence-electron chi connectivity index (χ2n) is 9.11. The molecule has 180 valence electrons. The van der Waals surface area contributed by atoms with E-state index in [-0.39, 0.29) is 17.5 Å². The van der Waals surface area contributed by atoms with E-state index in [2.05, 4.69) is 6.92 Å². The maximum atomic E-state index is 13.8. The maximum Gasteiger partial charge on any atom is 0.266 e. The Labute approximate surface area is 207 Å². The van der Waals surface area contributed by atoms with Gasteiger partial charge in [0.15, 0.2) is 0 Å². The number of rotatable bonds is 8. The fraction of sp³-hybridized carbons (Fsp3) is 0.300. The van der Waals surface area contributed by atoms with Crippen molar-refractivity contribution in [3.05, 3.63) is 106 Å². The summed E-state index contributed by atoms with van der Waals surface area (Å²) in [7, 11) is 0. The summed E-state index contributed by atoms with van der Waals surface area (Å²) in [5, 5.41) is 0.567. The number of nitrogens with zero attached hydrogens (tertiary/aromatic N) is 3. The summed E-state index contributed by atoms with van der Waals surface area (Å²) in [6.07, 6.45) is 2.47. The summed E-state index contributed by atoms with van der Waals surface area (Å²) in [6.45, 7) is 8.78. The molecule has 0 N–H and O–H groups in total. The Balaban J connectivity index is 1.94. The normalized spacial score (nSPS) is 12.0. The van der Waals surface area contributed by atoms with Crippen LogP contribution in [0.4, 0.5) is 0 Å². The average Bonchev–Trinajstić information content (AvgIpc) is 2.86. The van der Waals surface area contributed by atoms with Gasteiger partial charge in [-0.25, -0.2) is 4.98 Å². The third-order valence-corrected chi connectivity index (χ3v) is 6.43. The van der Waals surface area contributed by atoms with E-state index in [4.69, 9.17) is 4.98 Å². The van der Waals surface area contributed by atoms with Crippen LogP contribution in [0, 0.1) is 13.8 Å². The molecule has 0 radical (unpaired) electrons. The van der Waals surface area contributed by atoms with Crippen LogP contribution < -0.4 is 5.56 Å². The number of aryl methyl sites for hydroxylation is 2. The molecular weight excluding hydrogens is 434 g/mol. The Hall–Kier alpha value is -3.73. The van der Waals surface area contributed by atoms with E-state index in [0.29, 0.717) is 35.3 Å². The lowest BCUT2D eigenvalue weighted by atomic mass is 10.1. The van der Waals surface area contributed by atoms with Gasteiger partial charge < -0.3 is 4.90 Å². The fourth-order valence-electron chi connectivity index (χ4n) is 4.52. The minimum atomic E-state index is -0.354. The zero-order chi connectivity index (χ0) is 24.9. The molecule has 0 aliphatic carbocycles. The van der Waals surface area contributed by atoms with E-state index in [0.717, 1.165) is 29.7 Å². The van der Waals surface area contributed by atoms with Crippen molar-refractivity contribution in [1.82, 2.24) is 14.5 Å². The predicted molar refractivity (Wildman–Crippen MR) is 142 cm³/mol. The van der Waals surface area contributed by atoms with Crippen molar-refractivity contribution in [2.24, 2.45) is 0 Å². The molecule has 0 aliphatic heterocycles. The molecule has 4 rings (SSSR count). The van der Waals surface area contributed by atoms with Gasteiger partial charge in [0.25, 0.3) is 11.5 Å². The quantitative estimate of drug-likeness (QED) is 0.301. The van der Waals surface area contributed by atoms with Crippen molar-refractivity contribution in [3.63, 3.8) is 0 Å². The lowest BCUT2D eigenvalue weighted by Crippen LogP contribution is -2.39. The Morgan fingerprint density at radius 1 is 0.943 bits per heavy atom. The number of hydrogen-bond acceptors (Lipinski definition) is 3. The molecule has 1 amide bonds. The lowest BCUT2D eigenvalue weighted by Gasteiger charge is -2.32. The van der Waals surface area contributed by atoms with Gasteiger partial charge in [0, 0.05) is 12.1 Å². The Kier molecular flexibility index (Phi) is 7.45. The number of hydrogen-bond donors (Lipinski definition) is 0. The van der Waals surface area contributed by atoms with Gasteiger partial charge in [0.05, 0.1) is 22.6 Å². The lowest BCUT2D eigenvalue weighted by molar-refractivity contribution is 0.0656. The highest BCUT2D eigenvalue weighted by Gasteiger charge is 2.29. The molecule has 0 spiro atoms. The number of carbonyl (C=O) groups excluding carboxylic acids is 1. The largest absolute Gasteiger partial charge is 0.328 e. The number of carbonyl (C=O) groups is 1. The smallest absolute Gasteiger partial charge is 0.266 e. The van der Waals surface area contributed by atoms with Crippen LogP contribution in [0.15, 0.2) is 77.6 Å². The zero-order valence-electron chi connectivity index (χ0n) is 21.0. The highest BCUT2D eigenvalue weighted by Crippen LogP contribution is 2.28. The molecule has 0 fully saturated rings. The van der Waals surface area contributed by atoms with E-state index in [1.165, 1.54) is 0 Å². The van der Waals surface area contributed by atoms with Crippen LogP contribution >= 0.6 is 0 Å². The van der Waals surface area contributed by atoms with Gasteiger partial charge in [-0.1, -0.05) is 62.2 Å². The van der Waals surface area contributed by atoms with E-state index in [1.807, 2.05) is 98.5 Å². The van der Waals surface area contributed by atoms with E-state index in [1.54, 1.807) is 4.57 Å². The molecule has 5 nitrogen and oxygen atoms in total. The average molecular weight is 468 g/mol. The monoisotopic (exact) mass is 467 g/mol. The Morgan fingerprint density at radius 2 is 1.69 bits per heavy atom. The second-order valence-corrected chi connectivity index (χ2v) is 9.11. The molecule has 0 aliphatic rings.